The van der Waals surface area contributed by atoms with Crippen molar-refractivity contribution in [3.05, 3.63) is 178 Å². The van der Waals surface area contributed by atoms with E-state index in [4.69, 9.17) is 9.47 Å². The normalized spacial score (nSPS) is 11.6. The van der Waals surface area contributed by atoms with Gasteiger partial charge in [-0.25, -0.2) is 4.79 Å². The number of hydrogen-bond donors (Lipinski definition) is 1. The molecule has 96 heavy (non-hydrogen) atoms. The lowest BCUT2D eigenvalue weighted by Gasteiger charge is -2.26. The zero-order valence-corrected chi connectivity index (χ0v) is 61.6. The minimum Gasteiger partial charge on any atom is -0.494 e. The predicted octanol–water partition coefficient (Wildman–Crippen LogP) is 27.8. The number of aryl methyl sites for hydroxylation is 4. The Morgan fingerprint density at radius 1 is 0.385 bits per heavy atom. The molecule has 0 aliphatic heterocycles. The van der Waals surface area contributed by atoms with Crippen LogP contribution in [0.15, 0.2) is 151 Å². The molecule has 0 bridgehead atoms. The van der Waals surface area contributed by atoms with Crippen LogP contribution >= 0.6 is 45.3 Å². The number of nitriles is 1. The van der Waals surface area contributed by atoms with Crippen LogP contribution in [-0.4, -0.2) is 24.3 Å². The molecule has 506 valence electrons. The van der Waals surface area contributed by atoms with Crippen LogP contribution in [0.1, 0.15) is 223 Å². The Morgan fingerprint density at radius 2 is 0.688 bits per heavy atom. The highest BCUT2D eigenvalue weighted by molar-refractivity contribution is 7.29. The molecule has 0 fully saturated rings. The van der Waals surface area contributed by atoms with E-state index >= 15 is 0 Å². The van der Waals surface area contributed by atoms with Crippen molar-refractivity contribution in [2.45, 2.75) is 221 Å². The van der Waals surface area contributed by atoms with Gasteiger partial charge in [0.25, 0.3) is 0 Å². The van der Waals surface area contributed by atoms with Gasteiger partial charge < -0.3 is 19.5 Å². The van der Waals surface area contributed by atoms with Gasteiger partial charge in [-0.15, -0.1) is 45.3 Å². The summed E-state index contributed by atoms with van der Waals surface area (Å²) < 4.78 is 12.2. The van der Waals surface area contributed by atoms with E-state index in [-0.39, 0.29) is 5.57 Å². The number of rotatable bonds is 43. The first-order chi connectivity index (χ1) is 47.1. The number of ether oxygens (including phenoxy) is 2. The molecule has 1 N–H and O–H groups in total. The third kappa shape index (κ3) is 21.0. The zero-order chi connectivity index (χ0) is 67.3. The molecule has 4 heterocycles. The van der Waals surface area contributed by atoms with Gasteiger partial charge >= 0.3 is 5.97 Å². The number of aliphatic carboxylic acids is 1. The molecule has 9 aromatic rings. The third-order valence-electron chi connectivity index (χ3n) is 18.3. The molecule has 0 aliphatic rings. The van der Waals surface area contributed by atoms with E-state index in [9.17, 15) is 15.2 Å². The van der Waals surface area contributed by atoms with E-state index in [2.05, 4.69) is 192 Å². The number of hydrogen-bond acceptors (Lipinski definition) is 9. The number of thiophene rings is 4. The number of nitrogens with zero attached hydrogens (tertiary/aromatic N) is 2. The minimum absolute atomic E-state index is 0.210. The molecule has 10 heteroatoms. The quantitative estimate of drug-likeness (QED) is 0.0233. The van der Waals surface area contributed by atoms with Gasteiger partial charge in [-0.05, 0) is 205 Å². The summed E-state index contributed by atoms with van der Waals surface area (Å²) in [5.74, 6) is 0.666. The Hall–Kier alpha value is -7.00. The monoisotopic (exact) mass is 1360 g/mol. The van der Waals surface area contributed by atoms with Crippen molar-refractivity contribution in [2.75, 3.05) is 18.1 Å². The average Bonchev–Trinajstić information content (AvgIpc) is 1.58. The van der Waals surface area contributed by atoms with E-state index in [0.717, 1.165) is 145 Å². The molecule has 0 amide bonds. The first-order valence-electron chi connectivity index (χ1n) is 36.6. The third-order valence-corrected chi connectivity index (χ3v) is 23.6. The SMILES string of the molecule is CCCCCCOc1ccc(-c2ccc(N(c3ccc(-c4ccc(OCCCCCC)cc4)cc3)c3ccc(-c4cc(CCCCCC)c(-c5cc(CCCCCC)c(-c6cc(CCCCCC)c(-c7cc(CCCCCC)c(/C=C(\C#N)C(=O)O)s7)s6)s5)s4)cc3)cc2)cc1. The van der Waals surface area contributed by atoms with Crippen LogP contribution in [-0.2, 0) is 30.5 Å². The average molecular weight is 1360 g/mol. The fraction of sp³-hybridized carbons (Fsp3) is 0.419. The predicted molar refractivity (Wildman–Crippen MR) is 417 cm³/mol. The second-order valence-electron chi connectivity index (χ2n) is 26.0. The summed E-state index contributed by atoms with van der Waals surface area (Å²) in [7, 11) is 0. The van der Waals surface area contributed by atoms with Crippen LogP contribution in [0.2, 0.25) is 0 Å². The fourth-order valence-electron chi connectivity index (χ4n) is 12.7. The number of carbonyl (C=O) groups is 1. The van der Waals surface area contributed by atoms with Gasteiger partial charge in [0, 0.05) is 56.1 Å². The smallest absolute Gasteiger partial charge is 0.346 e. The van der Waals surface area contributed by atoms with Gasteiger partial charge in [-0.2, -0.15) is 5.26 Å². The zero-order valence-electron chi connectivity index (χ0n) is 58.3. The summed E-state index contributed by atoms with van der Waals surface area (Å²) in [6.45, 7) is 15.1. The highest BCUT2D eigenvalue weighted by atomic mass is 32.1. The van der Waals surface area contributed by atoms with Gasteiger partial charge in [0.1, 0.15) is 23.1 Å². The van der Waals surface area contributed by atoms with Crippen molar-refractivity contribution in [2.24, 2.45) is 0 Å². The molecule has 0 saturated carbocycles. The molecular weight excluding hydrogens is 1250 g/mol. The summed E-state index contributed by atoms with van der Waals surface area (Å²) in [5, 5.41) is 19.9. The van der Waals surface area contributed by atoms with E-state index in [0.29, 0.717) is 0 Å². The molecule has 0 aliphatic carbocycles. The standard InChI is InChI=1S/C86H104N2O4S4/c1-7-13-19-25-31-68-57-80(93-79(68)61-72(62-87)86(89)90)83-70(33-27-21-15-9-3)59-82(95-83)85-71(34-28-22-16-10-4)60-81(96-85)84-69(32-26-20-14-8-2)58-78(94-84)67-39-49-75(50-40-67)88(73-45-35-63(36-46-73)65-41-51-76(52-42-65)91-55-29-23-17-11-5)74-47-37-64(38-48-74)66-43-53-77(54-44-66)92-56-30-24-18-12-6/h35-54,57-61H,7-34,55-56H2,1-6H3,(H,89,90)/b72-61+. The second kappa shape index (κ2) is 39.4. The lowest BCUT2D eigenvalue weighted by molar-refractivity contribution is -0.132. The van der Waals surface area contributed by atoms with Crippen LogP contribution in [0.25, 0.3) is 68.0 Å². The number of benzene rings is 5. The first kappa shape index (κ1) is 73.3. The summed E-state index contributed by atoms with van der Waals surface area (Å²) >= 11 is 7.54. The van der Waals surface area contributed by atoms with Crippen molar-refractivity contribution < 1.29 is 19.4 Å². The van der Waals surface area contributed by atoms with Crippen molar-refractivity contribution in [1.29, 1.82) is 5.26 Å². The lowest BCUT2D eigenvalue weighted by atomic mass is 10.0. The van der Waals surface area contributed by atoms with E-state index in [1.165, 1.54) is 166 Å². The Kier molecular flexibility index (Phi) is 30.1. The summed E-state index contributed by atoms with van der Waals surface area (Å²) in [6, 6.07) is 56.3. The Morgan fingerprint density at radius 3 is 1.04 bits per heavy atom. The Balaban J connectivity index is 1.06. The van der Waals surface area contributed by atoms with Crippen molar-refractivity contribution in [3.63, 3.8) is 0 Å². The molecular formula is C86H104N2O4S4. The van der Waals surface area contributed by atoms with Crippen LogP contribution in [0.4, 0.5) is 17.1 Å². The molecule has 5 aromatic carbocycles. The van der Waals surface area contributed by atoms with E-state index in [1.54, 1.807) is 17.4 Å². The van der Waals surface area contributed by atoms with Gasteiger partial charge in [-0.3, -0.25) is 0 Å². The lowest BCUT2D eigenvalue weighted by Crippen LogP contribution is -2.09. The van der Waals surface area contributed by atoms with Crippen molar-refractivity contribution in [1.82, 2.24) is 0 Å². The Bertz CT molecular complexity index is 3740. The summed E-state index contributed by atoms with van der Waals surface area (Å²) in [5.41, 5.74) is 14.4. The molecule has 4 aromatic heterocycles. The maximum Gasteiger partial charge on any atom is 0.346 e. The molecule has 0 atom stereocenters. The summed E-state index contributed by atoms with van der Waals surface area (Å²) in [6.07, 6.45) is 34.0. The van der Waals surface area contributed by atoms with Gasteiger partial charge in [-0.1, -0.05) is 218 Å². The van der Waals surface area contributed by atoms with Crippen LogP contribution in [0.5, 0.6) is 11.5 Å². The van der Waals surface area contributed by atoms with Gasteiger partial charge in [0.15, 0.2) is 0 Å². The number of carboxylic acid groups (broad SMARTS) is 1. The maximum atomic E-state index is 12.2. The summed E-state index contributed by atoms with van der Waals surface area (Å²) in [4.78, 5) is 24.8. The molecule has 0 spiro atoms. The van der Waals surface area contributed by atoms with Gasteiger partial charge in [0.2, 0.25) is 0 Å². The number of unbranched alkanes of at least 4 members (excludes halogenated alkanes) is 18. The Labute approximate surface area is 592 Å². The number of anilines is 3. The highest BCUT2D eigenvalue weighted by Crippen LogP contribution is 2.51. The van der Waals surface area contributed by atoms with E-state index in [1.807, 2.05) is 40.1 Å². The molecule has 9 rings (SSSR count). The van der Waals surface area contributed by atoms with Crippen LogP contribution in [0, 0.1) is 11.3 Å². The first-order valence-corrected chi connectivity index (χ1v) is 39.9. The second-order valence-corrected chi connectivity index (χ2v) is 30.2. The molecule has 0 saturated heterocycles. The largest absolute Gasteiger partial charge is 0.494 e. The maximum absolute atomic E-state index is 12.2. The topological polar surface area (TPSA) is 82.8 Å². The van der Waals surface area contributed by atoms with Gasteiger partial charge in [0.05, 0.1) is 13.2 Å². The highest BCUT2D eigenvalue weighted by Gasteiger charge is 2.24. The van der Waals surface area contributed by atoms with Crippen LogP contribution < -0.4 is 14.4 Å². The minimum atomic E-state index is -1.17. The van der Waals surface area contributed by atoms with Crippen molar-refractivity contribution >= 4 is 74.5 Å². The van der Waals surface area contributed by atoms with Crippen LogP contribution in [0.3, 0.4) is 0 Å². The van der Waals surface area contributed by atoms with E-state index < -0.39 is 5.97 Å². The van der Waals surface area contributed by atoms with Crippen molar-refractivity contribution in [3.8, 4) is 79.5 Å². The molecule has 6 nitrogen and oxygen atoms in total. The fourth-order valence-corrected chi connectivity index (χ4v) is 17.9. The number of carboxylic acids is 1. The molecule has 0 unspecified atom stereocenters. The molecule has 0 radical (unpaired) electrons.